The molecule has 4 rings (SSSR count). The number of rotatable bonds is 7. The molecule has 0 unspecified atom stereocenters. The Hall–Kier alpha value is -3.17. The van der Waals surface area contributed by atoms with Crippen LogP contribution in [0.1, 0.15) is 11.3 Å². The molecule has 1 saturated heterocycles. The Balaban J connectivity index is 1.33. The number of ether oxygens (including phenoxy) is 1. The molecule has 7 nitrogen and oxygen atoms in total. The first-order valence-electron chi connectivity index (χ1n) is 10.7. The van der Waals surface area contributed by atoms with E-state index in [-0.39, 0.29) is 18.2 Å². The molecule has 2 aromatic carbocycles. The predicted octanol–water partition coefficient (Wildman–Crippen LogP) is 4.21. The number of aromatic nitrogens is 2. The summed E-state index contributed by atoms with van der Waals surface area (Å²) in [6, 6.07) is 16.1. The van der Waals surface area contributed by atoms with Gasteiger partial charge < -0.3 is 15.0 Å². The van der Waals surface area contributed by atoms with Gasteiger partial charge in [-0.15, -0.1) is 0 Å². The van der Waals surface area contributed by atoms with Gasteiger partial charge in [0.05, 0.1) is 13.5 Å². The van der Waals surface area contributed by atoms with E-state index in [2.05, 4.69) is 24.5 Å². The van der Waals surface area contributed by atoms with Crippen molar-refractivity contribution in [2.75, 3.05) is 43.5 Å². The highest BCUT2D eigenvalue weighted by molar-refractivity contribution is 7.97. The number of halogens is 1. The predicted molar refractivity (Wildman–Crippen MR) is 128 cm³/mol. The fourth-order valence-electron chi connectivity index (χ4n) is 3.47. The highest BCUT2D eigenvalue weighted by Gasteiger charge is 2.20. The molecule has 0 saturated carbocycles. The van der Waals surface area contributed by atoms with Gasteiger partial charge in [-0.05, 0) is 60.8 Å². The number of benzene rings is 2. The van der Waals surface area contributed by atoms with Crippen LogP contribution in [0.5, 0.6) is 0 Å². The van der Waals surface area contributed by atoms with E-state index in [1.807, 2.05) is 37.3 Å². The van der Waals surface area contributed by atoms with Gasteiger partial charge >= 0.3 is 5.97 Å². The van der Waals surface area contributed by atoms with Gasteiger partial charge in [0.1, 0.15) is 11.6 Å². The summed E-state index contributed by atoms with van der Waals surface area (Å²) >= 11 is 1.71. The molecule has 0 bridgehead atoms. The molecule has 0 aliphatic carbocycles. The van der Waals surface area contributed by atoms with Crippen molar-refractivity contribution in [3.8, 4) is 0 Å². The lowest BCUT2D eigenvalue weighted by Gasteiger charge is -2.34. The average Bonchev–Trinajstić information content (AvgIpc) is 2.82. The maximum Gasteiger partial charge on any atom is 0.309 e. The molecule has 0 radical (unpaired) electrons. The van der Waals surface area contributed by atoms with E-state index in [0.29, 0.717) is 11.8 Å². The number of anilines is 3. The quantitative estimate of drug-likeness (QED) is 0.409. The lowest BCUT2D eigenvalue weighted by atomic mass is 10.2. The normalized spacial score (nSPS) is 14.2. The Bertz CT molecular complexity index is 1090. The zero-order valence-electron chi connectivity index (χ0n) is 18.6. The van der Waals surface area contributed by atoms with Crippen LogP contribution in [0.3, 0.4) is 0 Å². The van der Waals surface area contributed by atoms with Crippen molar-refractivity contribution in [3.63, 3.8) is 0 Å². The van der Waals surface area contributed by atoms with Gasteiger partial charge in [-0.3, -0.25) is 4.79 Å². The molecular formula is C24H26FN5O2S. The van der Waals surface area contributed by atoms with Crippen LogP contribution in [0.2, 0.25) is 0 Å². The van der Waals surface area contributed by atoms with Gasteiger partial charge in [-0.2, -0.15) is 4.98 Å². The monoisotopic (exact) mass is 467 g/mol. The minimum Gasteiger partial charge on any atom is -0.469 e. The topological polar surface area (TPSA) is 70.6 Å². The second-order valence-corrected chi connectivity index (χ2v) is 8.90. The third-order valence-electron chi connectivity index (χ3n) is 5.21. The van der Waals surface area contributed by atoms with Gasteiger partial charge in [0, 0.05) is 48.5 Å². The number of carbonyl (C=O) groups excluding carboxylic acids is 1. The number of nitrogens with zero attached hydrogens (tertiary/aromatic N) is 4. The summed E-state index contributed by atoms with van der Waals surface area (Å²) in [5.41, 5.74) is 2.59. The Morgan fingerprint density at radius 1 is 1.06 bits per heavy atom. The van der Waals surface area contributed by atoms with Crippen LogP contribution in [-0.4, -0.2) is 53.5 Å². The van der Waals surface area contributed by atoms with Crippen LogP contribution in [-0.2, 0) is 16.0 Å². The second-order valence-electron chi connectivity index (χ2n) is 7.73. The van der Waals surface area contributed by atoms with Crippen molar-refractivity contribution < 1.29 is 13.9 Å². The van der Waals surface area contributed by atoms with E-state index in [1.165, 1.54) is 19.2 Å². The van der Waals surface area contributed by atoms with E-state index in [4.69, 9.17) is 4.74 Å². The van der Waals surface area contributed by atoms with Crippen molar-refractivity contribution in [2.24, 2.45) is 0 Å². The SMILES string of the molecule is COC(=O)Cc1ccc(SN2CCN(c3nc(C)cc(Nc4ccc(F)cc4)n3)CC2)cc1. The molecular weight excluding hydrogens is 441 g/mol. The van der Waals surface area contributed by atoms with Crippen molar-refractivity contribution in [2.45, 2.75) is 18.2 Å². The molecule has 0 amide bonds. The molecule has 2 heterocycles. The molecule has 9 heteroatoms. The van der Waals surface area contributed by atoms with Crippen molar-refractivity contribution in [1.29, 1.82) is 0 Å². The fraction of sp³-hybridized carbons (Fsp3) is 0.292. The molecule has 1 N–H and O–H groups in total. The number of hydrogen-bond acceptors (Lipinski definition) is 8. The molecule has 33 heavy (non-hydrogen) atoms. The molecule has 172 valence electrons. The molecule has 0 spiro atoms. The molecule has 1 aromatic heterocycles. The van der Waals surface area contributed by atoms with Crippen LogP contribution in [0.25, 0.3) is 0 Å². The summed E-state index contributed by atoms with van der Waals surface area (Å²) < 4.78 is 20.2. The van der Waals surface area contributed by atoms with Crippen LogP contribution in [0.4, 0.5) is 21.8 Å². The average molecular weight is 468 g/mol. The van der Waals surface area contributed by atoms with Crippen LogP contribution < -0.4 is 10.2 Å². The highest BCUT2D eigenvalue weighted by atomic mass is 32.2. The van der Waals surface area contributed by atoms with E-state index in [0.717, 1.165) is 48.0 Å². The largest absolute Gasteiger partial charge is 0.469 e. The Kier molecular flexibility index (Phi) is 7.41. The minimum absolute atomic E-state index is 0.235. The summed E-state index contributed by atoms with van der Waals surface area (Å²) in [6.07, 6.45) is 0.286. The standard InChI is InChI=1S/C24H26FN5O2S/c1-17-15-22(27-20-7-5-19(25)6-8-20)28-24(26-17)29-11-13-30(14-12-29)33-21-9-3-18(4-10-21)16-23(31)32-2/h3-10,15H,11-14,16H2,1-2H3,(H,26,27,28). The number of hydrogen-bond donors (Lipinski definition) is 1. The fourth-order valence-corrected chi connectivity index (χ4v) is 4.38. The molecule has 0 atom stereocenters. The Labute approximate surface area is 197 Å². The number of methoxy groups -OCH3 is 1. The molecule has 1 fully saturated rings. The smallest absolute Gasteiger partial charge is 0.309 e. The Morgan fingerprint density at radius 3 is 2.42 bits per heavy atom. The second kappa shape index (κ2) is 10.6. The van der Waals surface area contributed by atoms with Crippen molar-refractivity contribution >= 4 is 35.4 Å². The van der Waals surface area contributed by atoms with E-state index in [9.17, 15) is 9.18 Å². The first kappa shape index (κ1) is 23.0. The molecule has 1 aliphatic rings. The van der Waals surface area contributed by atoms with Gasteiger partial charge in [0.2, 0.25) is 5.95 Å². The maximum absolute atomic E-state index is 13.2. The van der Waals surface area contributed by atoms with Crippen LogP contribution in [0.15, 0.2) is 59.5 Å². The maximum atomic E-state index is 13.2. The summed E-state index contributed by atoms with van der Waals surface area (Å²) in [7, 11) is 1.40. The number of piperazine rings is 1. The molecule has 3 aromatic rings. The number of esters is 1. The first-order chi connectivity index (χ1) is 16.0. The number of aryl methyl sites for hydroxylation is 1. The van der Waals surface area contributed by atoms with Gasteiger partial charge in [0.25, 0.3) is 0 Å². The number of carbonyl (C=O) groups is 1. The first-order valence-corrected chi connectivity index (χ1v) is 11.5. The van der Waals surface area contributed by atoms with Crippen LogP contribution in [0, 0.1) is 12.7 Å². The summed E-state index contributed by atoms with van der Waals surface area (Å²) in [5, 5.41) is 3.22. The summed E-state index contributed by atoms with van der Waals surface area (Å²) in [4.78, 5) is 24.0. The van der Waals surface area contributed by atoms with E-state index in [1.54, 1.807) is 24.1 Å². The van der Waals surface area contributed by atoms with Gasteiger partial charge in [-0.25, -0.2) is 13.7 Å². The zero-order chi connectivity index (χ0) is 23.2. The lowest BCUT2D eigenvalue weighted by Crippen LogP contribution is -2.44. The molecule has 1 aliphatic heterocycles. The van der Waals surface area contributed by atoms with Gasteiger partial charge in [0.15, 0.2) is 0 Å². The zero-order valence-corrected chi connectivity index (χ0v) is 19.4. The van der Waals surface area contributed by atoms with E-state index < -0.39 is 0 Å². The minimum atomic E-state index is -0.270. The van der Waals surface area contributed by atoms with E-state index >= 15 is 0 Å². The van der Waals surface area contributed by atoms with Crippen LogP contribution >= 0.6 is 11.9 Å². The van der Waals surface area contributed by atoms with Gasteiger partial charge in [-0.1, -0.05) is 12.1 Å². The Morgan fingerprint density at radius 2 is 1.76 bits per heavy atom. The van der Waals surface area contributed by atoms with Crippen molar-refractivity contribution in [3.05, 3.63) is 71.7 Å². The third kappa shape index (κ3) is 6.43. The summed E-state index contributed by atoms with van der Waals surface area (Å²) in [5.74, 6) is 0.873. The lowest BCUT2D eigenvalue weighted by molar-refractivity contribution is -0.139. The van der Waals surface area contributed by atoms with Crippen molar-refractivity contribution in [1.82, 2.24) is 14.3 Å². The third-order valence-corrected chi connectivity index (χ3v) is 6.32. The summed E-state index contributed by atoms with van der Waals surface area (Å²) in [6.45, 7) is 5.30. The number of nitrogens with one attached hydrogen (secondary N) is 1. The highest BCUT2D eigenvalue weighted by Crippen LogP contribution is 2.26.